The Bertz CT molecular complexity index is 951. The third-order valence-electron chi connectivity index (χ3n) is 4.26. The molecule has 0 saturated carbocycles. The van der Waals surface area contributed by atoms with Gasteiger partial charge in [-0.05, 0) is 43.2 Å². The number of aryl methyl sites for hydroxylation is 2. The average molecular weight is 358 g/mol. The fourth-order valence-corrected chi connectivity index (χ4v) is 2.81. The number of pyridine rings is 2. The third kappa shape index (κ3) is 3.74. The van der Waals surface area contributed by atoms with Crippen LogP contribution in [0.1, 0.15) is 28.6 Å². The normalized spacial score (nSPS) is 12.5. The van der Waals surface area contributed by atoms with Crippen molar-refractivity contribution in [3.05, 3.63) is 74.2 Å². The molecule has 0 amide bonds. The summed E-state index contributed by atoms with van der Waals surface area (Å²) in [5, 5.41) is 4.50. The zero-order chi connectivity index (χ0) is 18.0. The highest BCUT2D eigenvalue weighted by atomic mass is 35.5. The SMILES string of the molecule is COC(NCc1ccc(Cl)cc1)c1c[nH]c2nc(C)c(C)cc2c1=O. The highest BCUT2D eigenvalue weighted by molar-refractivity contribution is 6.30. The number of aromatic nitrogens is 2. The summed E-state index contributed by atoms with van der Waals surface area (Å²) in [5.41, 5.74) is 3.97. The number of aromatic amines is 1. The number of nitrogens with zero attached hydrogens (tertiary/aromatic N) is 1. The maximum atomic E-state index is 12.9. The number of methoxy groups -OCH3 is 1. The Balaban J connectivity index is 1.90. The van der Waals surface area contributed by atoms with Crippen LogP contribution in [0.15, 0.2) is 41.3 Å². The molecular formula is C19H20ClN3O2. The van der Waals surface area contributed by atoms with Crippen LogP contribution in [0.2, 0.25) is 5.02 Å². The van der Waals surface area contributed by atoms with Crippen molar-refractivity contribution in [3.63, 3.8) is 0 Å². The highest BCUT2D eigenvalue weighted by Crippen LogP contribution is 2.16. The van der Waals surface area contributed by atoms with Gasteiger partial charge >= 0.3 is 0 Å². The molecule has 1 aromatic carbocycles. The standard InChI is InChI=1S/C19H20ClN3O2/c1-11-8-15-17(24)16(10-21-18(15)23-12(11)2)19(25-3)22-9-13-4-6-14(20)7-5-13/h4-8,10,19,22H,9H2,1-3H3,(H,21,23,24). The average Bonchev–Trinajstić information content (AvgIpc) is 2.60. The number of ether oxygens (including phenoxy) is 1. The minimum absolute atomic E-state index is 0.0835. The number of nitrogens with one attached hydrogen (secondary N) is 2. The van der Waals surface area contributed by atoms with E-state index in [2.05, 4.69) is 15.3 Å². The molecule has 25 heavy (non-hydrogen) atoms. The number of hydrogen-bond acceptors (Lipinski definition) is 4. The molecule has 0 spiro atoms. The van der Waals surface area contributed by atoms with Crippen molar-refractivity contribution in [3.8, 4) is 0 Å². The van der Waals surface area contributed by atoms with Gasteiger partial charge in [0.25, 0.3) is 0 Å². The van der Waals surface area contributed by atoms with Gasteiger partial charge in [0.15, 0.2) is 5.43 Å². The van der Waals surface area contributed by atoms with E-state index in [1.54, 1.807) is 13.3 Å². The molecule has 3 rings (SSSR count). The Hall–Kier alpha value is -2.21. The van der Waals surface area contributed by atoms with Crippen LogP contribution in [0.3, 0.4) is 0 Å². The van der Waals surface area contributed by atoms with Gasteiger partial charge in [0.2, 0.25) is 0 Å². The minimum atomic E-state index is -0.523. The third-order valence-corrected chi connectivity index (χ3v) is 4.51. The fraction of sp³-hybridized carbons (Fsp3) is 0.263. The summed E-state index contributed by atoms with van der Waals surface area (Å²) in [7, 11) is 1.57. The molecule has 2 heterocycles. The first kappa shape index (κ1) is 17.6. The highest BCUT2D eigenvalue weighted by Gasteiger charge is 2.16. The van der Waals surface area contributed by atoms with Crippen LogP contribution in [-0.4, -0.2) is 17.1 Å². The van der Waals surface area contributed by atoms with E-state index in [1.165, 1.54) is 0 Å². The summed E-state index contributed by atoms with van der Waals surface area (Å²) in [4.78, 5) is 20.4. The van der Waals surface area contributed by atoms with Crippen molar-refractivity contribution in [1.82, 2.24) is 15.3 Å². The first-order chi connectivity index (χ1) is 12.0. The monoisotopic (exact) mass is 357 g/mol. The number of rotatable bonds is 5. The molecular weight excluding hydrogens is 338 g/mol. The Morgan fingerprint density at radius 2 is 2.00 bits per heavy atom. The van der Waals surface area contributed by atoms with E-state index < -0.39 is 6.23 Å². The lowest BCUT2D eigenvalue weighted by molar-refractivity contribution is 0.0712. The Morgan fingerprint density at radius 3 is 2.68 bits per heavy atom. The quantitative estimate of drug-likeness (QED) is 0.684. The van der Waals surface area contributed by atoms with Gasteiger partial charge in [-0.1, -0.05) is 23.7 Å². The van der Waals surface area contributed by atoms with Crippen molar-refractivity contribution >= 4 is 22.6 Å². The molecule has 5 nitrogen and oxygen atoms in total. The van der Waals surface area contributed by atoms with E-state index in [4.69, 9.17) is 16.3 Å². The van der Waals surface area contributed by atoms with Gasteiger partial charge in [0.1, 0.15) is 11.9 Å². The zero-order valence-electron chi connectivity index (χ0n) is 14.4. The lowest BCUT2D eigenvalue weighted by atomic mass is 10.1. The van der Waals surface area contributed by atoms with Crippen molar-refractivity contribution in [2.45, 2.75) is 26.6 Å². The molecule has 0 aliphatic rings. The van der Waals surface area contributed by atoms with Crippen LogP contribution in [0.25, 0.3) is 11.0 Å². The Labute approximate surface area is 151 Å². The molecule has 0 aliphatic heterocycles. The second-order valence-electron chi connectivity index (χ2n) is 5.98. The van der Waals surface area contributed by atoms with Crippen LogP contribution in [0.4, 0.5) is 0 Å². The van der Waals surface area contributed by atoms with Gasteiger partial charge in [0, 0.05) is 30.6 Å². The van der Waals surface area contributed by atoms with Gasteiger partial charge in [-0.15, -0.1) is 0 Å². The van der Waals surface area contributed by atoms with Gasteiger partial charge in [-0.3, -0.25) is 10.1 Å². The topological polar surface area (TPSA) is 67.0 Å². The minimum Gasteiger partial charge on any atom is -0.362 e. The lowest BCUT2D eigenvalue weighted by Gasteiger charge is -2.17. The molecule has 0 radical (unpaired) electrons. The van der Waals surface area contributed by atoms with Gasteiger partial charge < -0.3 is 9.72 Å². The van der Waals surface area contributed by atoms with Crippen molar-refractivity contribution in [2.75, 3.05) is 7.11 Å². The smallest absolute Gasteiger partial charge is 0.198 e. The second kappa shape index (κ2) is 7.35. The second-order valence-corrected chi connectivity index (χ2v) is 6.42. The fourth-order valence-electron chi connectivity index (χ4n) is 2.68. The molecule has 0 fully saturated rings. The molecule has 0 bridgehead atoms. The molecule has 0 saturated heterocycles. The maximum Gasteiger partial charge on any atom is 0.198 e. The number of H-pyrrole nitrogens is 1. The van der Waals surface area contributed by atoms with Crippen LogP contribution < -0.4 is 10.7 Å². The van der Waals surface area contributed by atoms with E-state index >= 15 is 0 Å². The first-order valence-electron chi connectivity index (χ1n) is 7.99. The first-order valence-corrected chi connectivity index (χ1v) is 8.37. The Kier molecular flexibility index (Phi) is 5.18. The van der Waals surface area contributed by atoms with E-state index in [0.717, 1.165) is 16.8 Å². The zero-order valence-corrected chi connectivity index (χ0v) is 15.1. The number of fused-ring (bicyclic) bond motifs is 1. The van der Waals surface area contributed by atoms with E-state index in [1.807, 2.05) is 44.2 Å². The van der Waals surface area contributed by atoms with E-state index in [0.29, 0.717) is 28.2 Å². The lowest BCUT2D eigenvalue weighted by Crippen LogP contribution is -2.28. The molecule has 6 heteroatoms. The number of hydrogen-bond donors (Lipinski definition) is 2. The van der Waals surface area contributed by atoms with Crippen molar-refractivity contribution < 1.29 is 4.74 Å². The molecule has 2 N–H and O–H groups in total. The van der Waals surface area contributed by atoms with Crippen LogP contribution in [0.5, 0.6) is 0 Å². The summed E-state index contributed by atoms with van der Waals surface area (Å²) in [6, 6.07) is 9.40. The van der Waals surface area contributed by atoms with Crippen LogP contribution >= 0.6 is 11.6 Å². The maximum absolute atomic E-state index is 12.9. The summed E-state index contributed by atoms with van der Waals surface area (Å²) >= 11 is 5.90. The molecule has 3 aromatic rings. The number of benzene rings is 1. The number of halogens is 1. The van der Waals surface area contributed by atoms with Gasteiger partial charge in [-0.25, -0.2) is 4.98 Å². The molecule has 1 unspecified atom stereocenters. The van der Waals surface area contributed by atoms with E-state index in [-0.39, 0.29) is 5.43 Å². The molecule has 130 valence electrons. The predicted octanol–water partition coefficient (Wildman–Crippen LogP) is 3.63. The summed E-state index contributed by atoms with van der Waals surface area (Å²) < 4.78 is 5.49. The van der Waals surface area contributed by atoms with Crippen molar-refractivity contribution in [1.29, 1.82) is 0 Å². The van der Waals surface area contributed by atoms with Gasteiger partial charge in [-0.2, -0.15) is 0 Å². The van der Waals surface area contributed by atoms with Crippen molar-refractivity contribution in [2.24, 2.45) is 0 Å². The summed E-state index contributed by atoms with van der Waals surface area (Å²) in [5.74, 6) is 0. The summed E-state index contributed by atoms with van der Waals surface area (Å²) in [6.45, 7) is 4.42. The summed E-state index contributed by atoms with van der Waals surface area (Å²) in [6.07, 6.45) is 1.14. The largest absolute Gasteiger partial charge is 0.362 e. The predicted molar refractivity (Wildman–Crippen MR) is 99.9 cm³/mol. The Morgan fingerprint density at radius 1 is 1.28 bits per heavy atom. The molecule has 1 atom stereocenters. The molecule has 0 aliphatic carbocycles. The van der Waals surface area contributed by atoms with Gasteiger partial charge in [0.05, 0.1) is 10.9 Å². The van der Waals surface area contributed by atoms with E-state index in [9.17, 15) is 4.79 Å². The molecule has 2 aromatic heterocycles. The van der Waals surface area contributed by atoms with Crippen LogP contribution in [-0.2, 0) is 11.3 Å². The van der Waals surface area contributed by atoms with Crippen LogP contribution in [0, 0.1) is 13.8 Å².